The van der Waals surface area contributed by atoms with Crippen LogP contribution in [0.1, 0.15) is 16.7 Å². The lowest BCUT2D eigenvalue weighted by molar-refractivity contribution is 0.305. The molecule has 0 amide bonds. The summed E-state index contributed by atoms with van der Waals surface area (Å²) >= 11 is 5.98. The average Bonchev–Trinajstić information content (AvgIpc) is 2.61. The molecule has 0 aliphatic carbocycles. The van der Waals surface area contributed by atoms with E-state index in [0.29, 0.717) is 11.8 Å². The van der Waals surface area contributed by atoms with Crippen LogP contribution >= 0.6 is 11.6 Å². The summed E-state index contributed by atoms with van der Waals surface area (Å²) in [5.74, 6) is 6.34. The third kappa shape index (κ3) is 3.92. The molecule has 0 spiro atoms. The fraction of sp³-hybridized carbons (Fsp3) is 0.150. The molecule has 128 valence electrons. The van der Waals surface area contributed by atoms with Gasteiger partial charge in [0, 0.05) is 5.56 Å². The first kappa shape index (κ1) is 17.3. The van der Waals surface area contributed by atoms with Crippen molar-refractivity contribution in [3.8, 4) is 17.0 Å². The third-order valence-corrected chi connectivity index (χ3v) is 4.30. The lowest BCUT2D eigenvalue weighted by Crippen LogP contribution is -2.10. The second-order valence-corrected chi connectivity index (χ2v) is 6.26. The first-order valence-corrected chi connectivity index (χ1v) is 8.38. The molecular formula is C20H20ClN3O. The predicted octanol–water partition coefficient (Wildman–Crippen LogP) is 4.88. The molecule has 0 aliphatic heterocycles. The smallest absolute Gasteiger partial charge is 0.147 e. The summed E-state index contributed by atoms with van der Waals surface area (Å²) in [4.78, 5) is 4.35. The number of nitrogens with one attached hydrogen (secondary N) is 1. The summed E-state index contributed by atoms with van der Waals surface area (Å²) in [6, 6.07) is 17.6. The molecule has 5 heteroatoms. The molecule has 0 saturated carbocycles. The maximum atomic E-state index is 6.01. The molecule has 2 aromatic carbocycles. The highest BCUT2D eigenvalue weighted by Crippen LogP contribution is 2.29. The molecule has 4 nitrogen and oxygen atoms in total. The number of hydrazine groups is 1. The molecule has 0 unspecified atom stereocenters. The number of pyridine rings is 1. The van der Waals surface area contributed by atoms with Crippen molar-refractivity contribution in [2.24, 2.45) is 5.84 Å². The molecule has 0 radical (unpaired) electrons. The van der Waals surface area contributed by atoms with E-state index in [0.717, 1.165) is 39.4 Å². The SMILES string of the molecule is Cc1cc(-c2cccc(Cl)n2)ccc1COc1c(C)cccc1NN. The first-order valence-electron chi connectivity index (χ1n) is 8.00. The summed E-state index contributed by atoms with van der Waals surface area (Å²) < 4.78 is 6.01. The van der Waals surface area contributed by atoms with E-state index in [1.165, 1.54) is 0 Å². The Morgan fingerprint density at radius 1 is 1.04 bits per heavy atom. The molecule has 0 bridgehead atoms. The molecule has 0 aliphatic rings. The minimum atomic E-state index is 0.467. The summed E-state index contributed by atoms with van der Waals surface area (Å²) in [6.45, 7) is 4.53. The van der Waals surface area contributed by atoms with Gasteiger partial charge in [-0.1, -0.05) is 41.9 Å². The normalized spacial score (nSPS) is 10.6. The number of nitrogens with two attached hydrogens (primary N) is 1. The van der Waals surface area contributed by atoms with Gasteiger partial charge < -0.3 is 10.2 Å². The highest BCUT2D eigenvalue weighted by atomic mass is 35.5. The molecule has 0 saturated heterocycles. The molecule has 3 rings (SSSR count). The quantitative estimate of drug-likeness (QED) is 0.390. The van der Waals surface area contributed by atoms with Gasteiger partial charge in [-0.15, -0.1) is 0 Å². The zero-order chi connectivity index (χ0) is 17.8. The van der Waals surface area contributed by atoms with Crippen LogP contribution in [0, 0.1) is 13.8 Å². The van der Waals surface area contributed by atoms with Crippen molar-refractivity contribution >= 4 is 17.3 Å². The molecule has 3 N–H and O–H groups in total. The fourth-order valence-corrected chi connectivity index (χ4v) is 2.86. The summed E-state index contributed by atoms with van der Waals surface area (Å²) in [7, 11) is 0. The van der Waals surface area contributed by atoms with E-state index in [2.05, 4.69) is 29.5 Å². The summed E-state index contributed by atoms with van der Waals surface area (Å²) in [6.07, 6.45) is 0. The number of para-hydroxylation sites is 1. The molecule has 1 heterocycles. The zero-order valence-electron chi connectivity index (χ0n) is 14.2. The van der Waals surface area contributed by atoms with Crippen LogP contribution in [-0.2, 0) is 6.61 Å². The van der Waals surface area contributed by atoms with Crippen molar-refractivity contribution in [1.29, 1.82) is 0 Å². The van der Waals surface area contributed by atoms with Gasteiger partial charge in [0.05, 0.1) is 11.4 Å². The maximum Gasteiger partial charge on any atom is 0.147 e. The van der Waals surface area contributed by atoms with Gasteiger partial charge in [-0.25, -0.2) is 4.98 Å². The van der Waals surface area contributed by atoms with E-state index >= 15 is 0 Å². The topological polar surface area (TPSA) is 60.2 Å². The lowest BCUT2D eigenvalue weighted by atomic mass is 10.0. The number of anilines is 1. The number of hydrogen-bond donors (Lipinski definition) is 2. The van der Waals surface area contributed by atoms with E-state index in [1.54, 1.807) is 6.07 Å². The number of ether oxygens (including phenoxy) is 1. The Bertz CT molecular complexity index is 896. The Morgan fingerprint density at radius 3 is 2.56 bits per heavy atom. The van der Waals surface area contributed by atoms with Gasteiger partial charge in [-0.2, -0.15) is 0 Å². The van der Waals surface area contributed by atoms with Crippen LogP contribution in [0.5, 0.6) is 5.75 Å². The van der Waals surface area contributed by atoms with Crippen molar-refractivity contribution in [3.05, 3.63) is 76.4 Å². The minimum Gasteiger partial charge on any atom is -0.486 e. The van der Waals surface area contributed by atoms with Crippen LogP contribution in [-0.4, -0.2) is 4.98 Å². The fourth-order valence-electron chi connectivity index (χ4n) is 2.69. The first-order chi connectivity index (χ1) is 12.1. The second kappa shape index (κ2) is 7.55. The van der Waals surface area contributed by atoms with Gasteiger partial charge in [0.25, 0.3) is 0 Å². The van der Waals surface area contributed by atoms with Crippen LogP contribution in [0.25, 0.3) is 11.3 Å². The van der Waals surface area contributed by atoms with Crippen LogP contribution in [0.15, 0.2) is 54.6 Å². The van der Waals surface area contributed by atoms with Crippen molar-refractivity contribution in [3.63, 3.8) is 0 Å². The van der Waals surface area contributed by atoms with Gasteiger partial charge >= 0.3 is 0 Å². The average molecular weight is 354 g/mol. The lowest BCUT2D eigenvalue weighted by Gasteiger charge is -2.15. The summed E-state index contributed by atoms with van der Waals surface area (Å²) in [5, 5.41) is 0.490. The van der Waals surface area contributed by atoms with Crippen LogP contribution in [0.3, 0.4) is 0 Å². The van der Waals surface area contributed by atoms with Crippen LogP contribution < -0.4 is 16.0 Å². The molecule has 0 atom stereocenters. The van der Waals surface area contributed by atoms with Crippen molar-refractivity contribution in [1.82, 2.24) is 4.98 Å². The zero-order valence-corrected chi connectivity index (χ0v) is 15.0. The molecule has 0 fully saturated rings. The number of nitrogen functional groups attached to an aromatic ring is 1. The van der Waals surface area contributed by atoms with Gasteiger partial charge in [-0.05, 0) is 54.8 Å². The van der Waals surface area contributed by atoms with E-state index < -0.39 is 0 Å². The Morgan fingerprint density at radius 2 is 1.84 bits per heavy atom. The van der Waals surface area contributed by atoms with E-state index in [4.69, 9.17) is 22.2 Å². The minimum absolute atomic E-state index is 0.467. The largest absolute Gasteiger partial charge is 0.486 e. The number of nitrogens with zero attached hydrogens (tertiary/aromatic N) is 1. The monoisotopic (exact) mass is 353 g/mol. The number of aryl methyl sites for hydroxylation is 2. The number of hydrogen-bond acceptors (Lipinski definition) is 4. The van der Waals surface area contributed by atoms with Gasteiger partial charge in [0.15, 0.2) is 0 Å². The molecule has 3 aromatic rings. The Labute approximate surface area is 152 Å². The highest BCUT2D eigenvalue weighted by molar-refractivity contribution is 6.29. The van der Waals surface area contributed by atoms with E-state index in [-0.39, 0.29) is 0 Å². The van der Waals surface area contributed by atoms with Crippen molar-refractivity contribution in [2.45, 2.75) is 20.5 Å². The third-order valence-electron chi connectivity index (χ3n) is 4.09. The Kier molecular flexibility index (Phi) is 5.22. The van der Waals surface area contributed by atoms with Gasteiger partial charge in [0.2, 0.25) is 0 Å². The van der Waals surface area contributed by atoms with Crippen molar-refractivity contribution < 1.29 is 4.74 Å². The van der Waals surface area contributed by atoms with Gasteiger partial charge in [0.1, 0.15) is 17.5 Å². The second-order valence-electron chi connectivity index (χ2n) is 5.87. The molecular weight excluding hydrogens is 334 g/mol. The van der Waals surface area contributed by atoms with E-state index in [1.807, 2.05) is 43.3 Å². The predicted molar refractivity (Wildman–Crippen MR) is 103 cm³/mol. The Balaban J connectivity index is 1.81. The van der Waals surface area contributed by atoms with Crippen LogP contribution in [0.2, 0.25) is 5.15 Å². The summed E-state index contributed by atoms with van der Waals surface area (Å²) in [5.41, 5.74) is 8.62. The number of benzene rings is 2. The standard InChI is InChI=1S/C20H20ClN3O/c1-13-5-3-7-18(24-22)20(13)25-12-16-10-9-15(11-14(16)2)17-6-4-8-19(21)23-17/h3-11,24H,12,22H2,1-2H3. The van der Waals surface area contributed by atoms with Crippen LogP contribution in [0.4, 0.5) is 5.69 Å². The van der Waals surface area contributed by atoms with Crippen molar-refractivity contribution in [2.75, 3.05) is 5.43 Å². The Hall–Kier alpha value is -2.56. The molecule has 25 heavy (non-hydrogen) atoms. The highest BCUT2D eigenvalue weighted by Gasteiger charge is 2.09. The molecule has 1 aromatic heterocycles. The number of aromatic nitrogens is 1. The number of halogens is 1. The van der Waals surface area contributed by atoms with Gasteiger partial charge in [-0.3, -0.25) is 5.84 Å². The number of rotatable bonds is 5. The van der Waals surface area contributed by atoms with E-state index in [9.17, 15) is 0 Å². The maximum absolute atomic E-state index is 6.01.